The van der Waals surface area contributed by atoms with E-state index in [1.807, 2.05) is 7.05 Å². The number of hydrogen-bond donors (Lipinski definition) is 1. The summed E-state index contributed by atoms with van der Waals surface area (Å²) in [5.74, 6) is 0. The van der Waals surface area contributed by atoms with Gasteiger partial charge in [-0.15, -0.1) is 0 Å². The summed E-state index contributed by atoms with van der Waals surface area (Å²) in [5.41, 5.74) is 5.50. The molecule has 0 unspecified atom stereocenters. The molecule has 0 aliphatic carbocycles. The first-order valence-corrected chi connectivity index (χ1v) is 6.17. The Morgan fingerprint density at radius 1 is 1.29 bits per heavy atom. The van der Waals surface area contributed by atoms with Crippen molar-refractivity contribution >= 4 is 11.3 Å². The second-order valence-corrected chi connectivity index (χ2v) is 5.42. The summed E-state index contributed by atoms with van der Waals surface area (Å²) in [5, 5.41) is 3.20. The second-order valence-electron chi connectivity index (χ2n) is 5.42. The zero-order valence-electron chi connectivity index (χ0n) is 11.5. The summed E-state index contributed by atoms with van der Waals surface area (Å²) >= 11 is 0. The number of benzene rings is 1. The van der Waals surface area contributed by atoms with Crippen molar-refractivity contribution < 1.29 is 0 Å². The highest BCUT2D eigenvalue weighted by molar-refractivity contribution is 5.81. The number of nitrogens with zero attached hydrogens (tertiary/aromatic N) is 1. The van der Waals surface area contributed by atoms with E-state index in [0.29, 0.717) is 0 Å². The Morgan fingerprint density at radius 3 is 2.65 bits per heavy atom. The number of allylic oxidation sites excluding steroid dienone is 1. The van der Waals surface area contributed by atoms with Crippen LogP contribution < -0.4 is 10.2 Å². The summed E-state index contributed by atoms with van der Waals surface area (Å²) in [4.78, 5) is 2.35. The minimum absolute atomic E-state index is 0.0988. The topological polar surface area (TPSA) is 15.3 Å². The van der Waals surface area contributed by atoms with Crippen molar-refractivity contribution in [3.8, 4) is 0 Å². The van der Waals surface area contributed by atoms with Crippen LogP contribution in [-0.4, -0.2) is 19.6 Å². The molecule has 2 heteroatoms. The molecule has 0 aromatic heterocycles. The van der Waals surface area contributed by atoms with Gasteiger partial charge in [-0.2, -0.15) is 0 Å². The molecule has 0 amide bonds. The fourth-order valence-corrected chi connectivity index (χ4v) is 2.52. The number of nitrogens with one attached hydrogen (secondary N) is 1. The summed E-state index contributed by atoms with van der Waals surface area (Å²) in [6.45, 7) is 7.63. The predicted molar refractivity (Wildman–Crippen MR) is 75.3 cm³/mol. The van der Waals surface area contributed by atoms with Crippen molar-refractivity contribution in [1.82, 2.24) is 5.32 Å². The van der Waals surface area contributed by atoms with E-state index in [-0.39, 0.29) is 5.54 Å². The van der Waals surface area contributed by atoms with Gasteiger partial charge in [0.15, 0.2) is 0 Å². The van der Waals surface area contributed by atoms with Gasteiger partial charge < -0.3 is 10.2 Å². The third-order valence-electron chi connectivity index (χ3n) is 3.66. The molecule has 0 saturated heterocycles. The van der Waals surface area contributed by atoms with E-state index >= 15 is 0 Å². The first-order chi connectivity index (χ1) is 7.95. The first kappa shape index (κ1) is 12.2. The van der Waals surface area contributed by atoms with Crippen LogP contribution >= 0.6 is 0 Å². The lowest BCUT2D eigenvalue weighted by Gasteiger charge is -2.40. The van der Waals surface area contributed by atoms with Gasteiger partial charge in [0.1, 0.15) is 0 Å². The average molecular weight is 230 g/mol. The Morgan fingerprint density at radius 2 is 2.00 bits per heavy atom. The molecular formula is C15H22N2. The highest BCUT2D eigenvalue weighted by Crippen LogP contribution is 2.37. The maximum absolute atomic E-state index is 3.20. The van der Waals surface area contributed by atoms with Gasteiger partial charge in [0, 0.05) is 24.8 Å². The van der Waals surface area contributed by atoms with E-state index in [1.54, 1.807) is 0 Å². The second kappa shape index (κ2) is 4.19. The maximum Gasteiger partial charge on any atom is 0.0531 e. The van der Waals surface area contributed by atoms with E-state index in [9.17, 15) is 0 Å². The normalized spacial score (nSPS) is 17.7. The molecule has 1 heterocycles. The molecule has 0 fully saturated rings. The van der Waals surface area contributed by atoms with Crippen LogP contribution in [0.25, 0.3) is 5.57 Å². The van der Waals surface area contributed by atoms with Crippen LogP contribution in [0, 0.1) is 0 Å². The third-order valence-corrected chi connectivity index (χ3v) is 3.66. The monoisotopic (exact) mass is 230 g/mol. The van der Waals surface area contributed by atoms with Crippen LogP contribution in [0.3, 0.4) is 0 Å². The summed E-state index contributed by atoms with van der Waals surface area (Å²) in [7, 11) is 4.15. The van der Waals surface area contributed by atoms with Crippen molar-refractivity contribution in [2.24, 2.45) is 0 Å². The predicted octanol–water partition coefficient (Wildman–Crippen LogP) is 3.04. The largest absolute Gasteiger partial charge is 0.366 e. The van der Waals surface area contributed by atoms with Gasteiger partial charge in [-0.05, 0) is 51.1 Å². The highest BCUT2D eigenvalue weighted by Gasteiger charge is 2.28. The van der Waals surface area contributed by atoms with Crippen molar-refractivity contribution in [2.75, 3.05) is 19.0 Å². The van der Waals surface area contributed by atoms with Crippen LogP contribution in [0.4, 0.5) is 5.69 Å². The molecule has 1 aromatic carbocycles. The van der Waals surface area contributed by atoms with Crippen LogP contribution in [0.1, 0.15) is 31.9 Å². The molecule has 0 spiro atoms. The number of hydrogen-bond acceptors (Lipinski definition) is 2. The Labute approximate surface area is 104 Å². The van der Waals surface area contributed by atoms with E-state index in [4.69, 9.17) is 0 Å². The van der Waals surface area contributed by atoms with E-state index < -0.39 is 0 Å². The van der Waals surface area contributed by atoms with Gasteiger partial charge in [-0.25, -0.2) is 0 Å². The quantitative estimate of drug-likeness (QED) is 0.840. The van der Waals surface area contributed by atoms with E-state index in [1.165, 1.54) is 22.4 Å². The zero-order chi connectivity index (χ0) is 12.6. The van der Waals surface area contributed by atoms with Gasteiger partial charge in [-0.1, -0.05) is 12.1 Å². The zero-order valence-corrected chi connectivity index (χ0v) is 11.5. The summed E-state index contributed by atoms with van der Waals surface area (Å²) in [6, 6.07) is 6.74. The molecular weight excluding hydrogens is 208 g/mol. The summed E-state index contributed by atoms with van der Waals surface area (Å²) in [6.07, 6.45) is 2.35. The van der Waals surface area contributed by atoms with Gasteiger partial charge in [0.05, 0.1) is 5.54 Å². The smallest absolute Gasteiger partial charge is 0.0531 e. The van der Waals surface area contributed by atoms with Crippen LogP contribution in [-0.2, 0) is 6.54 Å². The van der Waals surface area contributed by atoms with E-state index in [2.05, 4.69) is 62.3 Å². The highest BCUT2D eigenvalue weighted by atomic mass is 15.2. The van der Waals surface area contributed by atoms with Crippen molar-refractivity contribution in [3.05, 3.63) is 35.4 Å². The van der Waals surface area contributed by atoms with Crippen molar-refractivity contribution in [1.29, 1.82) is 0 Å². The Hall–Kier alpha value is -1.28. The minimum atomic E-state index is 0.0988. The SMILES string of the molecule is CNCc1ccc2c(c1)C(C)=CC(C)(C)N2C. The third kappa shape index (κ3) is 2.09. The number of fused-ring (bicyclic) bond motifs is 1. The molecule has 2 nitrogen and oxygen atoms in total. The standard InChI is InChI=1S/C15H22N2/c1-11-9-15(2,3)17(5)14-7-6-12(10-16-4)8-13(11)14/h6-9,16H,10H2,1-5H3. The molecule has 0 bridgehead atoms. The number of rotatable bonds is 2. The Balaban J connectivity index is 2.50. The molecule has 1 N–H and O–H groups in total. The van der Waals surface area contributed by atoms with Crippen LogP contribution in [0.2, 0.25) is 0 Å². The maximum atomic E-state index is 3.20. The molecule has 17 heavy (non-hydrogen) atoms. The molecule has 0 saturated carbocycles. The average Bonchev–Trinajstić information content (AvgIpc) is 2.26. The molecule has 1 aromatic rings. The molecule has 0 radical (unpaired) electrons. The molecule has 2 rings (SSSR count). The molecule has 0 atom stereocenters. The van der Waals surface area contributed by atoms with Crippen LogP contribution in [0.15, 0.2) is 24.3 Å². The van der Waals surface area contributed by atoms with Crippen molar-refractivity contribution in [3.63, 3.8) is 0 Å². The molecule has 1 aliphatic rings. The van der Waals surface area contributed by atoms with Gasteiger partial charge in [0.2, 0.25) is 0 Å². The van der Waals surface area contributed by atoms with Gasteiger partial charge >= 0.3 is 0 Å². The lowest BCUT2D eigenvalue weighted by atomic mass is 9.88. The van der Waals surface area contributed by atoms with Crippen LogP contribution in [0.5, 0.6) is 0 Å². The summed E-state index contributed by atoms with van der Waals surface area (Å²) < 4.78 is 0. The Bertz CT molecular complexity index is 458. The lowest BCUT2D eigenvalue weighted by molar-refractivity contribution is 0.597. The molecule has 1 aliphatic heterocycles. The molecule has 92 valence electrons. The number of likely N-dealkylation sites (N-methyl/N-ethyl adjacent to an activating group) is 1. The Kier molecular flexibility index (Phi) is 3.00. The fourth-order valence-electron chi connectivity index (χ4n) is 2.52. The lowest BCUT2D eigenvalue weighted by Crippen LogP contribution is -2.42. The number of anilines is 1. The fraction of sp³-hybridized carbons (Fsp3) is 0.467. The van der Waals surface area contributed by atoms with Crippen molar-refractivity contribution in [2.45, 2.75) is 32.9 Å². The van der Waals surface area contributed by atoms with E-state index in [0.717, 1.165) is 6.54 Å². The van der Waals surface area contributed by atoms with Gasteiger partial charge in [0.25, 0.3) is 0 Å². The minimum Gasteiger partial charge on any atom is -0.366 e. The van der Waals surface area contributed by atoms with Gasteiger partial charge in [-0.3, -0.25) is 0 Å². The first-order valence-electron chi connectivity index (χ1n) is 6.17.